The lowest BCUT2D eigenvalue weighted by Gasteiger charge is -2.46. The molecule has 5 heteroatoms. The summed E-state index contributed by atoms with van der Waals surface area (Å²) in [4.78, 5) is 30.3. The van der Waals surface area contributed by atoms with Crippen molar-refractivity contribution in [3.63, 3.8) is 0 Å². The van der Waals surface area contributed by atoms with Crippen LogP contribution in [0, 0.1) is 0 Å². The van der Waals surface area contributed by atoms with Gasteiger partial charge in [0.1, 0.15) is 5.75 Å². The highest BCUT2D eigenvalue weighted by Gasteiger charge is 2.39. The molecule has 164 valence electrons. The van der Waals surface area contributed by atoms with Crippen LogP contribution in [0.25, 0.3) is 0 Å². The number of carbonyl (C=O) groups is 2. The van der Waals surface area contributed by atoms with E-state index >= 15 is 0 Å². The Bertz CT molecular complexity index is 951. The molecule has 1 aliphatic carbocycles. The zero-order chi connectivity index (χ0) is 22.0. The molecule has 2 aromatic rings. The number of ether oxygens (including phenoxy) is 1. The fourth-order valence-corrected chi connectivity index (χ4v) is 5.34. The lowest BCUT2D eigenvalue weighted by atomic mass is 9.86. The van der Waals surface area contributed by atoms with Gasteiger partial charge in [0, 0.05) is 30.3 Å². The molecule has 0 bridgehead atoms. The Morgan fingerprint density at radius 2 is 1.77 bits per heavy atom. The van der Waals surface area contributed by atoms with E-state index in [-0.39, 0.29) is 29.9 Å². The van der Waals surface area contributed by atoms with Crippen LogP contribution in [0.3, 0.4) is 0 Å². The second kappa shape index (κ2) is 9.13. The number of amides is 2. The predicted molar refractivity (Wildman–Crippen MR) is 122 cm³/mol. The van der Waals surface area contributed by atoms with Crippen molar-refractivity contribution in [2.75, 3.05) is 12.0 Å². The second-order valence-electron chi connectivity index (χ2n) is 8.78. The molecular weight excluding hydrogens is 388 g/mol. The van der Waals surface area contributed by atoms with Gasteiger partial charge < -0.3 is 14.5 Å². The van der Waals surface area contributed by atoms with E-state index in [1.165, 1.54) is 19.3 Å². The number of carbonyl (C=O) groups excluding carboxylic acids is 2. The molecule has 2 aromatic carbocycles. The van der Waals surface area contributed by atoms with Crippen LogP contribution < -0.4 is 9.64 Å². The van der Waals surface area contributed by atoms with Gasteiger partial charge >= 0.3 is 0 Å². The first-order valence-corrected chi connectivity index (χ1v) is 11.4. The van der Waals surface area contributed by atoms with Crippen LogP contribution in [0.1, 0.15) is 74.3 Å². The molecule has 0 N–H and O–H groups in total. The molecule has 0 saturated heterocycles. The molecule has 1 heterocycles. The van der Waals surface area contributed by atoms with E-state index in [9.17, 15) is 9.59 Å². The van der Waals surface area contributed by atoms with Crippen molar-refractivity contribution in [1.29, 1.82) is 0 Å². The standard InChI is InChI=1S/C26H32N2O3/c1-18-16-25(28(19(2)29)21-11-5-4-6-12-21)23-14-7-8-15-24(23)27(18)26(30)20-10-9-13-22(17-20)31-3/h7-10,13-15,17-18,21,25H,4-6,11-12,16H2,1-3H3. The summed E-state index contributed by atoms with van der Waals surface area (Å²) in [6.07, 6.45) is 6.49. The van der Waals surface area contributed by atoms with E-state index in [1.54, 1.807) is 20.1 Å². The first kappa shape index (κ1) is 21.4. The van der Waals surface area contributed by atoms with Crippen molar-refractivity contribution in [3.05, 3.63) is 59.7 Å². The van der Waals surface area contributed by atoms with Crippen LogP contribution in [-0.4, -0.2) is 35.9 Å². The fraction of sp³-hybridized carbons (Fsp3) is 0.462. The van der Waals surface area contributed by atoms with E-state index in [0.29, 0.717) is 11.3 Å². The third-order valence-corrected chi connectivity index (χ3v) is 6.76. The summed E-state index contributed by atoms with van der Waals surface area (Å²) >= 11 is 0. The summed E-state index contributed by atoms with van der Waals surface area (Å²) in [5.41, 5.74) is 2.58. The largest absolute Gasteiger partial charge is 0.497 e. The summed E-state index contributed by atoms with van der Waals surface area (Å²) in [6, 6.07) is 15.6. The number of hydrogen-bond donors (Lipinski definition) is 0. The third-order valence-electron chi connectivity index (χ3n) is 6.76. The number of hydrogen-bond acceptors (Lipinski definition) is 3. The second-order valence-corrected chi connectivity index (χ2v) is 8.78. The van der Waals surface area contributed by atoms with Crippen LogP contribution in [-0.2, 0) is 4.79 Å². The minimum Gasteiger partial charge on any atom is -0.497 e. The highest BCUT2D eigenvalue weighted by atomic mass is 16.5. The molecule has 0 spiro atoms. The number of rotatable bonds is 4. The van der Waals surface area contributed by atoms with Crippen LogP contribution in [0.15, 0.2) is 48.5 Å². The van der Waals surface area contributed by atoms with Gasteiger partial charge in [-0.3, -0.25) is 9.59 Å². The number of nitrogens with zero attached hydrogens (tertiary/aromatic N) is 2. The zero-order valence-corrected chi connectivity index (χ0v) is 18.7. The fourth-order valence-electron chi connectivity index (χ4n) is 5.34. The topological polar surface area (TPSA) is 49.9 Å². The van der Waals surface area contributed by atoms with Gasteiger partial charge in [-0.05, 0) is 56.0 Å². The van der Waals surface area contributed by atoms with Gasteiger partial charge in [0.25, 0.3) is 5.91 Å². The molecule has 1 saturated carbocycles. The summed E-state index contributed by atoms with van der Waals surface area (Å²) in [7, 11) is 1.61. The van der Waals surface area contributed by atoms with Crippen LogP contribution >= 0.6 is 0 Å². The van der Waals surface area contributed by atoms with Gasteiger partial charge in [-0.2, -0.15) is 0 Å². The molecule has 5 nitrogen and oxygen atoms in total. The van der Waals surface area contributed by atoms with Gasteiger partial charge in [-0.25, -0.2) is 0 Å². The van der Waals surface area contributed by atoms with E-state index in [0.717, 1.165) is 30.5 Å². The summed E-state index contributed by atoms with van der Waals surface area (Å²) in [5.74, 6) is 0.762. The Balaban J connectivity index is 1.72. The Kier molecular flexibility index (Phi) is 6.30. The lowest BCUT2D eigenvalue weighted by Crippen LogP contribution is -2.50. The van der Waals surface area contributed by atoms with E-state index in [4.69, 9.17) is 4.74 Å². The van der Waals surface area contributed by atoms with Crippen molar-refractivity contribution >= 4 is 17.5 Å². The normalized spacial score (nSPS) is 21.3. The molecule has 2 aliphatic rings. The van der Waals surface area contributed by atoms with E-state index in [1.807, 2.05) is 41.3 Å². The van der Waals surface area contributed by atoms with Gasteiger partial charge in [0.05, 0.1) is 13.2 Å². The molecular formula is C26H32N2O3. The van der Waals surface area contributed by atoms with E-state index in [2.05, 4.69) is 17.9 Å². The third kappa shape index (κ3) is 4.18. The van der Waals surface area contributed by atoms with Crippen molar-refractivity contribution in [2.24, 2.45) is 0 Å². The van der Waals surface area contributed by atoms with Gasteiger partial charge in [0.15, 0.2) is 0 Å². The molecule has 0 aromatic heterocycles. The molecule has 31 heavy (non-hydrogen) atoms. The first-order chi connectivity index (χ1) is 15.0. The number of anilines is 1. The molecule has 1 aliphatic heterocycles. The van der Waals surface area contributed by atoms with Crippen LogP contribution in [0.4, 0.5) is 5.69 Å². The Hall–Kier alpha value is -2.82. The average Bonchev–Trinajstić information content (AvgIpc) is 2.79. The molecule has 2 unspecified atom stereocenters. The maximum atomic E-state index is 13.5. The summed E-state index contributed by atoms with van der Waals surface area (Å²) in [6.45, 7) is 3.77. The SMILES string of the molecule is COc1cccc(C(=O)N2c3ccccc3C(N(C(C)=O)C3CCCCC3)CC2C)c1. The smallest absolute Gasteiger partial charge is 0.258 e. The minimum absolute atomic E-state index is 0.00107. The Labute approximate surface area is 185 Å². The summed E-state index contributed by atoms with van der Waals surface area (Å²) in [5, 5.41) is 0. The first-order valence-electron chi connectivity index (χ1n) is 11.4. The number of benzene rings is 2. The highest BCUT2D eigenvalue weighted by molar-refractivity contribution is 6.07. The average molecular weight is 421 g/mol. The van der Waals surface area contributed by atoms with Gasteiger partial charge in [-0.1, -0.05) is 43.5 Å². The van der Waals surface area contributed by atoms with Crippen molar-refractivity contribution in [2.45, 2.75) is 70.5 Å². The number of fused-ring (bicyclic) bond motifs is 1. The minimum atomic E-state index is -0.0376. The lowest BCUT2D eigenvalue weighted by molar-refractivity contribution is -0.135. The Morgan fingerprint density at radius 3 is 2.48 bits per heavy atom. The van der Waals surface area contributed by atoms with Crippen LogP contribution in [0.5, 0.6) is 5.75 Å². The maximum Gasteiger partial charge on any atom is 0.258 e. The molecule has 2 amide bonds. The maximum absolute atomic E-state index is 13.5. The van der Waals surface area contributed by atoms with Crippen LogP contribution in [0.2, 0.25) is 0 Å². The highest BCUT2D eigenvalue weighted by Crippen LogP contribution is 2.43. The van der Waals surface area contributed by atoms with Gasteiger partial charge in [0.2, 0.25) is 5.91 Å². The molecule has 0 radical (unpaired) electrons. The quantitative estimate of drug-likeness (QED) is 0.669. The summed E-state index contributed by atoms with van der Waals surface area (Å²) < 4.78 is 5.32. The van der Waals surface area contributed by atoms with Crippen molar-refractivity contribution < 1.29 is 14.3 Å². The van der Waals surface area contributed by atoms with Gasteiger partial charge in [-0.15, -0.1) is 0 Å². The van der Waals surface area contributed by atoms with Crippen molar-refractivity contribution in [3.8, 4) is 5.75 Å². The monoisotopic (exact) mass is 420 g/mol. The number of methoxy groups -OCH3 is 1. The molecule has 4 rings (SSSR count). The molecule has 1 fully saturated rings. The van der Waals surface area contributed by atoms with E-state index < -0.39 is 0 Å². The van der Waals surface area contributed by atoms with Crippen molar-refractivity contribution in [1.82, 2.24) is 4.90 Å². The number of para-hydroxylation sites is 1. The molecule has 2 atom stereocenters. The zero-order valence-electron chi connectivity index (χ0n) is 18.7. The Morgan fingerprint density at radius 1 is 1.03 bits per heavy atom. The predicted octanol–water partition coefficient (Wildman–Crippen LogP) is 5.36.